The van der Waals surface area contributed by atoms with Crippen LogP contribution in [0.1, 0.15) is 12.0 Å². The van der Waals surface area contributed by atoms with Crippen LogP contribution in [0.25, 0.3) is 10.8 Å². The molecule has 0 unspecified atom stereocenters. The molecule has 0 saturated heterocycles. The van der Waals surface area contributed by atoms with E-state index in [0.717, 1.165) is 35.8 Å². The van der Waals surface area contributed by atoms with Crippen LogP contribution in [0.2, 0.25) is 0 Å². The lowest BCUT2D eigenvalue weighted by molar-refractivity contribution is -0.120. The van der Waals surface area contributed by atoms with Crippen molar-refractivity contribution >= 4 is 34.1 Å². The summed E-state index contributed by atoms with van der Waals surface area (Å²) in [5.41, 5.74) is 7.95. The molecule has 1 heterocycles. The van der Waals surface area contributed by atoms with Crippen molar-refractivity contribution in [1.82, 2.24) is 10.9 Å². The van der Waals surface area contributed by atoms with Gasteiger partial charge in [-0.3, -0.25) is 10.2 Å². The molecule has 0 aliphatic carbocycles. The molecule has 28 heavy (non-hydrogen) atoms. The summed E-state index contributed by atoms with van der Waals surface area (Å²) in [5.74, 6) is -0.259. The zero-order valence-corrected chi connectivity index (χ0v) is 15.4. The standard InChI is InChI=1S/C22H22N4O2/c27-21(15-26-14-6-10-17-8-2-4-13-20(17)26)24-25-22(28)23-19-12-5-9-16-7-1-3-11-18(16)19/h1-5,7-9,11-13H,6,10,14-15H2,(H,24,27)(H2,23,25,28). The first kappa shape index (κ1) is 17.9. The van der Waals surface area contributed by atoms with Gasteiger partial charge in [0.15, 0.2) is 0 Å². The van der Waals surface area contributed by atoms with E-state index in [0.29, 0.717) is 5.69 Å². The molecule has 0 atom stereocenters. The van der Waals surface area contributed by atoms with E-state index in [9.17, 15) is 9.59 Å². The van der Waals surface area contributed by atoms with Crippen LogP contribution < -0.4 is 21.1 Å². The number of hydrogen-bond acceptors (Lipinski definition) is 3. The summed E-state index contributed by atoms with van der Waals surface area (Å²) in [6.07, 6.45) is 2.04. The van der Waals surface area contributed by atoms with Gasteiger partial charge in [-0.15, -0.1) is 0 Å². The van der Waals surface area contributed by atoms with Gasteiger partial charge in [0, 0.05) is 17.6 Å². The van der Waals surface area contributed by atoms with Crippen molar-refractivity contribution in [3.63, 3.8) is 0 Å². The van der Waals surface area contributed by atoms with Crippen molar-refractivity contribution in [2.75, 3.05) is 23.3 Å². The quantitative estimate of drug-likeness (QED) is 0.615. The summed E-state index contributed by atoms with van der Waals surface area (Å²) in [6, 6.07) is 21.1. The Morgan fingerprint density at radius 1 is 0.893 bits per heavy atom. The van der Waals surface area contributed by atoms with Gasteiger partial charge in [-0.1, -0.05) is 54.6 Å². The van der Waals surface area contributed by atoms with E-state index in [4.69, 9.17) is 0 Å². The van der Waals surface area contributed by atoms with Crippen LogP contribution in [-0.2, 0) is 11.2 Å². The van der Waals surface area contributed by atoms with Crippen LogP contribution in [0.4, 0.5) is 16.2 Å². The molecular weight excluding hydrogens is 352 g/mol. The lowest BCUT2D eigenvalue weighted by atomic mass is 10.0. The number of aryl methyl sites for hydroxylation is 1. The van der Waals surface area contributed by atoms with E-state index in [2.05, 4.69) is 22.2 Å². The average Bonchev–Trinajstić information content (AvgIpc) is 2.73. The third kappa shape index (κ3) is 3.91. The number of fused-ring (bicyclic) bond motifs is 2. The first-order valence-corrected chi connectivity index (χ1v) is 9.37. The lowest BCUT2D eigenvalue weighted by Crippen LogP contribution is -2.48. The maximum atomic E-state index is 12.3. The van der Waals surface area contributed by atoms with Crippen LogP contribution in [0.3, 0.4) is 0 Å². The van der Waals surface area contributed by atoms with Crippen molar-refractivity contribution in [2.45, 2.75) is 12.8 Å². The number of urea groups is 1. The van der Waals surface area contributed by atoms with Gasteiger partial charge in [0.1, 0.15) is 0 Å². The van der Waals surface area contributed by atoms with Crippen LogP contribution in [-0.4, -0.2) is 25.0 Å². The van der Waals surface area contributed by atoms with Gasteiger partial charge >= 0.3 is 6.03 Å². The number of nitrogens with zero attached hydrogens (tertiary/aromatic N) is 1. The van der Waals surface area contributed by atoms with E-state index in [-0.39, 0.29) is 12.5 Å². The molecule has 1 aliphatic rings. The Balaban J connectivity index is 1.33. The Morgan fingerprint density at radius 2 is 1.68 bits per heavy atom. The largest absolute Gasteiger partial charge is 0.362 e. The highest BCUT2D eigenvalue weighted by molar-refractivity contribution is 6.01. The Kier molecular flexibility index (Phi) is 5.10. The molecule has 3 aromatic carbocycles. The van der Waals surface area contributed by atoms with Crippen LogP contribution >= 0.6 is 0 Å². The number of rotatable bonds is 3. The van der Waals surface area contributed by atoms with Crippen molar-refractivity contribution in [3.8, 4) is 0 Å². The van der Waals surface area contributed by atoms with Crippen molar-refractivity contribution in [3.05, 3.63) is 72.3 Å². The molecule has 0 fully saturated rings. The summed E-state index contributed by atoms with van der Waals surface area (Å²) in [6.45, 7) is 1.03. The maximum absolute atomic E-state index is 12.3. The second-order valence-electron chi connectivity index (χ2n) is 6.81. The molecule has 142 valence electrons. The third-order valence-electron chi connectivity index (χ3n) is 4.89. The van der Waals surface area contributed by atoms with Crippen molar-refractivity contribution in [1.29, 1.82) is 0 Å². The molecule has 3 aromatic rings. The second kappa shape index (κ2) is 8.00. The fraction of sp³-hybridized carbons (Fsp3) is 0.182. The van der Waals surface area contributed by atoms with Crippen molar-refractivity contribution in [2.24, 2.45) is 0 Å². The Morgan fingerprint density at radius 3 is 2.61 bits per heavy atom. The molecule has 0 aromatic heterocycles. The van der Waals surface area contributed by atoms with Crippen molar-refractivity contribution < 1.29 is 9.59 Å². The number of nitrogens with one attached hydrogen (secondary N) is 3. The third-order valence-corrected chi connectivity index (χ3v) is 4.89. The van der Waals surface area contributed by atoms with Gasteiger partial charge in [0.05, 0.1) is 12.2 Å². The van der Waals surface area contributed by atoms with Gasteiger partial charge in [0.25, 0.3) is 5.91 Å². The minimum absolute atomic E-state index is 0.200. The number of para-hydroxylation sites is 1. The fourth-order valence-corrected chi connectivity index (χ4v) is 3.60. The van der Waals surface area contributed by atoms with Gasteiger partial charge in [-0.2, -0.15) is 0 Å². The highest BCUT2D eigenvalue weighted by Crippen LogP contribution is 2.26. The van der Waals surface area contributed by atoms with Gasteiger partial charge in [0.2, 0.25) is 0 Å². The molecule has 6 nitrogen and oxygen atoms in total. The zero-order chi connectivity index (χ0) is 19.3. The molecule has 4 rings (SSSR count). The fourth-order valence-electron chi connectivity index (χ4n) is 3.60. The number of anilines is 2. The zero-order valence-electron chi connectivity index (χ0n) is 15.4. The minimum atomic E-state index is -0.483. The maximum Gasteiger partial charge on any atom is 0.337 e. The second-order valence-corrected chi connectivity index (χ2v) is 6.81. The first-order chi connectivity index (χ1) is 13.7. The van der Waals surface area contributed by atoms with E-state index in [1.165, 1.54) is 5.56 Å². The Bertz CT molecular complexity index is 1010. The smallest absolute Gasteiger partial charge is 0.337 e. The van der Waals surface area contributed by atoms with Crippen LogP contribution in [0.5, 0.6) is 0 Å². The minimum Gasteiger partial charge on any atom is -0.362 e. The summed E-state index contributed by atoms with van der Waals surface area (Å²) < 4.78 is 0. The number of carbonyl (C=O) groups excluding carboxylic acids is 2. The molecule has 0 saturated carbocycles. The van der Waals surface area contributed by atoms with E-state index < -0.39 is 6.03 Å². The topological polar surface area (TPSA) is 73.5 Å². The number of hydrogen-bond donors (Lipinski definition) is 3. The first-order valence-electron chi connectivity index (χ1n) is 9.37. The molecular formula is C22H22N4O2. The predicted octanol–water partition coefficient (Wildman–Crippen LogP) is 3.45. The summed E-state index contributed by atoms with van der Waals surface area (Å²) in [5, 5.41) is 4.76. The molecule has 0 radical (unpaired) electrons. The molecule has 0 spiro atoms. The monoisotopic (exact) mass is 374 g/mol. The van der Waals surface area contributed by atoms with Gasteiger partial charge < -0.3 is 10.2 Å². The molecule has 3 amide bonds. The number of carbonyl (C=O) groups is 2. The Labute approximate surface area is 163 Å². The van der Waals surface area contributed by atoms with Crippen LogP contribution in [0.15, 0.2) is 66.7 Å². The summed E-state index contributed by atoms with van der Waals surface area (Å²) in [4.78, 5) is 26.5. The van der Waals surface area contributed by atoms with E-state index in [1.807, 2.05) is 65.6 Å². The average molecular weight is 374 g/mol. The lowest BCUT2D eigenvalue weighted by Gasteiger charge is -2.30. The summed E-state index contributed by atoms with van der Waals surface area (Å²) in [7, 11) is 0. The number of hydrazine groups is 1. The van der Waals surface area contributed by atoms with E-state index >= 15 is 0 Å². The number of amides is 3. The molecule has 1 aliphatic heterocycles. The highest BCUT2D eigenvalue weighted by atomic mass is 16.2. The molecule has 3 N–H and O–H groups in total. The van der Waals surface area contributed by atoms with Gasteiger partial charge in [-0.25, -0.2) is 10.2 Å². The predicted molar refractivity (Wildman–Crippen MR) is 111 cm³/mol. The highest BCUT2D eigenvalue weighted by Gasteiger charge is 2.18. The van der Waals surface area contributed by atoms with E-state index in [1.54, 1.807) is 0 Å². The van der Waals surface area contributed by atoms with Gasteiger partial charge in [-0.05, 0) is 35.9 Å². The normalized spacial score (nSPS) is 12.9. The Hall–Kier alpha value is -3.54. The number of benzene rings is 3. The molecule has 0 bridgehead atoms. The van der Waals surface area contributed by atoms with Crippen LogP contribution in [0, 0.1) is 0 Å². The summed E-state index contributed by atoms with van der Waals surface area (Å²) >= 11 is 0. The molecule has 6 heteroatoms. The SMILES string of the molecule is O=C(CN1CCCc2ccccc21)NNC(=O)Nc1cccc2ccccc12.